The maximum atomic E-state index is 12.2. The zero-order chi connectivity index (χ0) is 15.9. The van der Waals surface area contributed by atoms with Gasteiger partial charge in [0.2, 0.25) is 0 Å². The lowest BCUT2D eigenvalue weighted by molar-refractivity contribution is 0.0767. The first kappa shape index (κ1) is 16.0. The highest BCUT2D eigenvalue weighted by Gasteiger charge is 2.13. The van der Waals surface area contributed by atoms with E-state index in [4.69, 9.17) is 0 Å². The van der Waals surface area contributed by atoms with Gasteiger partial charge >= 0.3 is 0 Å². The summed E-state index contributed by atoms with van der Waals surface area (Å²) in [5.74, 6) is -0.0184. The van der Waals surface area contributed by atoms with Crippen molar-refractivity contribution in [2.24, 2.45) is 0 Å². The molecule has 0 bridgehead atoms. The van der Waals surface area contributed by atoms with Gasteiger partial charge in [0.1, 0.15) is 5.69 Å². The average Bonchev–Trinajstić information content (AvgIpc) is 2.56. The number of pyridine rings is 1. The summed E-state index contributed by atoms with van der Waals surface area (Å²) in [5, 5.41) is 3.32. The minimum Gasteiger partial charge on any atom is -0.380 e. The van der Waals surface area contributed by atoms with E-state index in [1.807, 2.05) is 19.9 Å². The van der Waals surface area contributed by atoms with Crippen molar-refractivity contribution >= 4 is 11.6 Å². The third-order valence-corrected chi connectivity index (χ3v) is 3.65. The number of benzene rings is 1. The second kappa shape index (κ2) is 7.59. The highest BCUT2D eigenvalue weighted by molar-refractivity contribution is 5.92. The Kier molecular flexibility index (Phi) is 5.53. The van der Waals surface area contributed by atoms with Crippen LogP contribution in [0.25, 0.3) is 0 Å². The van der Waals surface area contributed by atoms with Crippen LogP contribution in [-0.4, -0.2) is 28.9 Å². The molecule has 0 aliphatic heterocycles. The van der Waals surface area contributed by atoms with Crippen LogP contribution in [0.1, 0.15) is 35.5 Å². The van der Waals surface area contributed by atoms with E-state index in [1.54, 1.807) is 17.2 Å². The molecule has 1 aromatic heterocycles. The summed E-state index contributed by atoms with van der Waals surface area (Å²) >= 11 is 0. The van der Waals surface area contributed by atoms with Gasteiger partial charge < -0.3 is 10.2 Å². The third kappa shape index (κ3) is 4.07. The van der Waals surface area contributed by atoms with Crippen LogP contribution in [0, 0.1) is 6.92 Å². The zero-order valence-electron chi connectivity index (χ0n) is 13.5. The number of hydrogen-bond donors (Lipinski definition) is 1. The average molecular weight is 297 g/mol. The van der Waals surface area contributed by atoms with Crippen LogP contribution in [0.5, 0.6) is 0 Å². The lowest BCUT2D eigenvalue weighted by Crippen LogP contribution is -2.31. The Hall–Kier alpha value is -2.36. The number of rotatable bonds is 6. The third-order valence-electron chi connectivity index (χ3n) is 3.65. The van der Waals surface area contributed by atoms with E-state index in [2.05, 4.69) is 41.5 Å². The molecular formula is C18H23N3O. The summed E-state index contributed by atoms with van der Waals surface area (Å²) in [6, 6.07) is 12.1. The van der Waals surface area contributed by atoms with Crippen molar-refractivity contribution < 1.29 is 4.79 Å². The van der Waals surface area contributed by atoms with Gasteiger partial charge in [-0.25, -0.2) is 4.98 Å². The fraction of sp³-hybridized carbons (Fsp3) is 0.333. The molecule has 1 N–H and O–H groups in total. The van der Waals surface area contributed by atoms with Gasteiger partial charge in [-0.05, 0) is 38.5 Å². The van der Waals surface area contributed by atoms with Crippen LogP contribution in [0.15, 0.2) is 42.6 Å². The van der Waals surface area contributed by atoms with Crippen LogP contribution >= 0.6 is 0 Å². The predicted octanol–water partition coefficient (Wildman–Crippen LogP) is 3.48. The Morgan fingerprint density at radius 3 is 2.32 bits per heavy atom. The van der Waals surface area contributed by atoms with Gasteiger partial charge in [-0.3, -0.25) is 4.79 Å². The molecule has 0 unspecified atom stereocenters. The Bertz CT molecular complexity index is 601. The second-order valence-corrected chi connectivity index (χ2v) is 5.25. The largest absolute Gasteiger partial charge is 0.380 e. The summed E-state index contributed by atoms with van der Waals surface area (Å²) in [5.41, 5.74) is 3.87. The lowest BCUT2D eigenvalue weighted by Gasteiger charge is -2.18. The summed E-state index contributed by atoms with van der Waals surface area (Å²) in [4.78, 5) is 18.2. The number of anilines is 1. The minimum absolute atomic E-state index is 0.0184. The Labute approximate surface area is 132 Å². The van der Waals surface area contributed by atoms with Crippen molar-refractivity contribution in [3.8, 4) is 0 Å². The number of hydrogen-bond acceptors (Lipinski definition) is 3. The van der Waals surface area contributed by atoms with Crippen LogP contribution in [0.4, 0.5) is 5.69 Å². The molecule has 0 saturated heterocycles. The molecular weight excluding hydrogens is 274 g/mol. The van der Waals surface area contributed by atoms with Crippen molar-refractivity contribution in [1.82, 2.24) is 9.88 Å². The fourth-order valence-corrected chi connectivity index (χ4v) is 2.21. The molecule has 0 aliphatic rings. The summed E-state index contributed by atoms with van der Waals surface area (Å²) in [7, 11) is 0. The summed E-state index contributed by atoms with van der Waals surface area (Å²) in [6.07, 6.45) is 1.71. The molecule has 4 nitrogen and oxygen atoms in total. The van der Waals surface area contributed by atoms with Gasteiger partial charge in [0, 0.05) is 19.6 Å². The summed E-state index contributed by atoms with van der Waals surface area (Å²) < 4.78 is 0. The minimum atomic E-state index is -0.0184. The molecule has 0 fully saturated rings. The van der Waals surface area contributed by atoms with Crippen molar-refractivity contribution in [2.75, 3.05) is 18.4 Å². The standard InChI is InChI=1S/C18H23N3O/c1-4-21(5-2)18(22)17-11-10-16(13-20-17)19-12-15-8-6-14(3)7-9-15/h6-11,13,19H,4-5,12H2,1-3H3. The van der Waals surface area contributed by atoms with Crippen LogP contribution in [0.3, 0.4) is 0 Å². The van der Waals surface area contributed by atoms with E-state index in [1.165, 1.54) is 11.1 Å². The quantitative estimate of drug-likeness (QED) is 0.888. The predicted molar refractivity (Wildman–Crippen MR) is 90.0 cm³/mol. The first-order valence-electron chi connectivity index (χ1n) is 7.68. The molecule has 116 valence electrons. The maximum absolute atomic E-state index is 12.2. The molecule has 0 aliphatic carbocycles. The fourth-order valence-electron chi connectivity index (χ4n) is 2.21. The number of aryl methyl sites for hydroxylation is 1. The Morgan fingerprint density at radius 2 is 1.77 bits per heavy atom. The van der Waals surface area contributed by atoms with Gasteiger partial charge in [-0.15, -0.1) is 0 Å². The number of aromatic nitrogens is 1. The zero-order valence-corrected chi connectivity index (χ0v) is 13.5. The molecule has 2 rings (SSSR count). The smallest absolute Gasteiger partial charge is 0.272 e. The molecule has 1 amide bonds. The monoisotopic (exact) mass is 297 g/mol. The van der Waals surface area contributed by atoms with Gasteiger partial charge in [-0.1, -0.05) is 29.8 Å². The van der Waals surface area contributed by atoms with Crippen LogP contribution in [0.2, 0.25) is 0 Å². The first-order chi connectivity index (χ1) is 10.6. The summed E-state index contributed by atoms with van der Waals surface area (Å²) in [6.45, 7) is 8.16. The second-order valence-electron chi connectivity index (χ2n) is 5.25. The maximum Gasteiger partial charge on any atom is 0.272 e. The molecule has 2 aromatic rings. The number of carbonyl (C=O) groups is 1. The molecule has 0 saturated carbocycles. The normalized spacial score (nSPS) is 10.3. The van der Waals surface area contributed by atoms with Crippen molar-refractivity contribution in [3.05, 3.63) is 59.4 Å². The van der Waals surface area contributed by atoms with E-state index in [9.17, 15) is 4.79 Å². The first-order valence-corrected chi connectivity index (χ1v) is 7.68. The molecule has 4 heteroatoms. The van der Waals surface area contributed by atoms with Gasteiger partial charge in [0.25, 0.3) is 5.91 Å². The molecule has 0 atom stereocenters. The van der Waals surface area contributed by atoms with E-state index in [0.717, 1.165) is 12.2 Å². The molecule has 0 spiro atoms. The molecule has 22 heavy (non-hydrogen) atoms. The highest BCUT2D eigenvalue weighted by Crippen LogP contribution is 2.11. The Morgan fingerprint density at radius 1 is 1.09 bits per heavy atom. The highest BCUT2D eigenvalue weighted by atomic mass is 16.2. The van der Waals surface area contributed by atoms with Crippen molar-refractivity contribution in [2.45, 2.75) is 27.3 Å². The van der Waals surface area contributed by atoms with Crippen molar-refractivity contribution in [3.63, 3.8) is 0 Å². The van der Waals surface area contributed by atoms with Gasteiger partial charge in [0.15, 0.2) is 0 Å². The lowest BCUT2D eigenvalue weighted by atomic mass is 10.1. The van der Waals surface area contributed by atoms with Crippen LogP contribution < -0.4 is 5.32 Å². The van der Waals surface area contributed by atoms with Gasteiger partial charge in [0.05, 0.1) is 11.9 Å². The van der Waals surface area contributed by atoms with E-state index < -0.39 is 0 Å². The molecule has 1 heterocycles. The van der Waals surface area contributed by atoms with E-state index in [-0.39, 0.29) is 5.91 Å². The number of nitrogens with one attached hydrogen (secondary N) is 1. The number of carbonyl (C=O) groups excluding carboxylic acids is 1. The number of amides is 1. The van der Waals surface area contributed by atoms with Crippen molar-refractivity contribution in [1.29, 1.82) is 0 Å². The van der Waals surface area contributed by atoms with Crippen LogP contribution in [-0.2, 0) is 6.54 Å². The Balaban J connectivity index is 1.97. The molecule has 0 radical (unpaired) electrons. The number of nitrogens with zero attached hydrogens (tertiary/aromatic N) is 2. The van der Waals surface area contributed by atoms with Gasteiger partial charge in [-0.2, -0.15) is 0 Å². The van der Waals surface area contributed by atoms with E-state index >= 15 is 0 Å². The van der Waals surface area contributed by atoms with E-state index in [0.29, 0.717) is 18.8 Å². The molecule has 1 aromatic carbocycles. The SMILES string of the molecule is CCN(CC)C(=O)c1ccc(NCc2ccc(C)cc2)cn1. The topological polar surface area (TPSA) is 45.2 Å².